The van der Waals surface area contributed by atoms with Gasteiger partial charge in [-0.15, -0.1) is 0 Å². The normalized spacial score (nSPS) is 10.7. The number of H-pyrrole nitrogens is 1. The zero-order valence-corrected chi connectivity index (χ0v) is 13.4. The number of alkyl halides is 1. The molecule has 90 valence electrons. The number of aromatic nitrogens is 1. The van der Waals surface area contributed by atoms with Gasteiger partial charge in [-0.3, -0.25) is 4.79 Å². The van der Waals surface area contributed by atoms with Gasteiger partial charge in [-0.05, 0) is 40.6 Å². The third kappa shape index (κ3) is 3.12. The molecule has 0 fully saturated rings. The van der Waals surface area contributed by atoms with E-state index in [1.165, 1.54) is 10.9 Å². The van der Waals surface area contributed by atoms with Crippen LogP contribution in [0, 0.1) is 3.70 Å². The average Bonchev–Trinajstić information content (AvgIpc) is 2.66. The van der Waals surface area contributed by atoms with E-state index in [0.29, 0.717) is 11.0 Å². The number of para-hydroxylation sites is 1. The average molecular weight is 454 g/mol. The summed E-state index contributed by atoms with van der Waals surface area (Å²) in [5.41, 5.74) is 2.45. The molecule has 0 saturated carbocycles. The molecular weight excluding hydrogens is 442 g/mol. The minimum absolute atomic E-state index is 0.0976. The van der Waals surface area contributed by atoms with Crippen LogP contribution in [0.2, 0.25) is 0 Å². The molecule has 0 radical (unpaired) electrons. The smallest absolute Gasteiger partial charge is 0.229 e. The highest BCUT2D eigenvalue weighted by Crippen LogP contribution is 2.23. The molecule has 0 aliphatic heterocycles. The molecule has 17 heavy (non-hydrogen) atoms. The molecule has 2 N–H and O–H groups in total. The number of hydrogen-bond donors (Lipinski definition) is 2. The molecule has 0 saturated heterocycles. The Morgan fingerprint density at radius 3 is 2.88 bits per heavy atom. The summed E-state index contributed by atoms with van der Waals surface area (Å²) in [6.07, 6.45) is 0.866. The van der Waals surface area contributed by atoms with Gasteiger partial charge in [0.25, 0.3) is 0 Å². The summed E-state index contributed by atoms with van der Waals surface area (Å²) in [7, 11) is 0. The van der Waals surface area contributed by atoms with Crippen molar-refractivity contribution >= 4 is 62.0 Å². The van der Waals surface area contributed by atoms with E-state index < -0.39 is 0 Å². The van der Waals surface area contributed by atoms with Crippen molar-refractivity contribution in [3.63, 3.8) is 0 Å². The van der Waals surface area contributed by atoms with Gasteiger partial charge in [0, 0.05) is 17.4 Å². The van der Waals surface area contributed by atoms with Crippen LogP contribution in [-0.2, 0) is 11.2 Å². The van der Waals surface area contributed by atoms with Gasteiger partial charge >= 0.3 is 0 Å². The minimum Gasteiger partial charge on any atom is -0.355 e. The number of carbonyl (C=O) groups is 1. The summed E-state index contributed by atoms with van der Waals surface area (Å²) < 4.78 is 1.68. The van der Waals surface area contributed by atoms with Crippen molar-refractivity contribution in [2.75, 3.05) is 11.0 Å². The Hall–Kier alpha value is -0.310. The zero-order chi connectivity index (χ0) is 12.3. The number of nitrogens with one attached hydrogen (secondary N) is 2. The Bertz CT molecular complexity index is 536. The van der Waals surface area contributed by atoms with E-state index in [1.54, 1.807) is 0 Å². The first-order chi connectivity index (χ1) is 8.22. The van der Waals surface area contributed by atoms with Gasteiger partial charge in [-0.25, -0.2) is 0 Å². The molecule has 2 rings (SSSR count). The van der Waals surface area contributed by atoms with Gasteiger partial charge in [0.1, 0.15) is 0 Å². The van der Waals surface area contributed by atoms with Gasteiger partial charge < -0.3 is 10.3 Å². The first kappa shape index (κ1) is 13.1. The fourth-order valence-electron chi connectivity index (χ4n) is 1.79. The van der Waals surface area contributed by atoms with Gasteiger partial charge in [0.2, 0.25) is 5.91 Å². The van der Waals surface area contributed by atoms with Crippen molar-refractivity contribution in [2.24, 2.45) is 0 Å². The number of benzene rings is 1. The highest BCUT2D eigenvalue weighted by Gasteiger charge is 2.08. The lowest BCUT2D eigenvalue weighted by molar-refractivity contribution is -0.118. The topological polar surface area (TPSA) is 44.9 Å². The van der Waals surface area contributed by atoms with Gasteiger partial charge in [-0.1, -0.05) is 40.8 Å². The van der Waals surface area contributed by atoms with Crippen LogP contribution in [-0.4, -0.2) is 21.9 Å². The largest absolute Gasteiger partial charge is 0.355 e. The fraction of sp³-hybridized carbons (Fsp3) is 0.250. The van der Waals surface area contributed by atoms with Crippen LogP contribution in [0.15, 0.2) is 24.3 Å². The molecule has 0 bridgehead atoms. The molecule has 0 unspecified atom stereocenters. The van der Waals surface area contributed by atoms with Crippen LogP contribution in [0.4, 0.5) is 0 Å². The summed E-state index contributed by atoms with van der Waals surface area (Å²) in [4.78, 5) is 14.5. The van der Waals surface area contributed by atoms with E-state index in [0.717, 1.165) is 15.6 Å². The zero-order valence-electron chi connectivity index (χ0n) is 9.09. The molecule has 2 aromatic rings. The summed E-state index contributed by atoms with van der Waals surface area (Å²) in [6.45, 7) is 0.694. The lowest BCUT2D eigenvalue weighted by Crippen LogP contribution is -2.26. The second-order valence-corrected chi connectivity index (χ2v) is 5.54. The number of hydrogen-bond acceptors (Lipinski definition) is 1. The maximum absolute atomic E-state index is 11.2. The SMILES string of the molecule is O=C(CI)NCCc1c(I)[nH]c2ccccc12. The molecule has 1 amide bonds. The summed E-state index contributed by atoms with van der Waals surface area (Å²) in [5.74, 6) is 0.0976. The molecule has 3 nitrogen and oxygen atoms in total. The van der Waals surface area contributed by atoms with Crippen molar-refractivity contribution < 1.29 is 4.79 Å². The lowest BCUT2D eigenvalue weighted by atomic mass is 10.1. The Labute approximate surface area is 127 Å². The molecule has 1 aromatic heterocycles. The highest BCUT2D eigenvalue weighted by molar-refractivity contribution is 14.1. The van der Waals surface area contributed by atoms with E-state index in [4.69, 9.17) is 0 Å². The quantitative estimate of drug-likeness (QED) is 0.542. The van der Waals surface area contributed by atoms with Gasteiger partial charge in [0.15, 0.2) is 0 Å². The van der Waals surface area contributed by atoms with Crippen LogP contribution in [0.3, 0.4) is 0 Å². The lowest BCUT2D eigenvalue weighted by Gasteiger charge is -2.03. The van der Waals surface area contributed by atoms with Crippen molar-refractivity contribution in [2.45, 2.75) is 6.42 Å². The van der Waals surface area contributed by atoms with Gasteiger partial charge in [-0.2, -0.15) is 0 Å². The number of halogens is 2. The minimum atomic E-state index is 0.0976. The third-order valence-corrected chi connectivity index (χ3v) is 4.19. The number of rotatable bonds is 4. The highest BCUT2D eigenvalue weighted by atomic mass is 127. The summed E-state index contributed by atoms with van der Waals surface area (Å²) in [6, 6.07) is 8.25. The maximum Gasteiger partial charge on any atom is 0.229 e. The second kappa shape index (κ2) is 6.03. The monoisotopic (exact) mass is 454 g/mol. The van der Waals surface area contributed by atoms with Gasteiger partial charge in [0.05, 0.1) is 8.13 Å². The Balaban J connectivity index is 2.12. The van der Waals surface area contributed by atoms with E-state index in [9.17, 15) is 4.79 Å². The molecule has 0 atom stereocenters. The van der Waals surface area contributed by atoms with Crippen LogP contribution in [0.25, 0.3) is 10.9 Å². The van der Waals surface area contributed by atoms with E-state index in [1.807, 2.05) is 12.1 Å². The van der Waals surface area contributed by atoms with E-state index >= 15 is 0 Å². The van der Waals surface area contributed by atoms with Crippen molar-refractivity contribution in [1.82, 2.24) is 10.3 Å². The second-order valence-electron chi connectivity index (χ2n) is 3.70. The molecule has 0 aliphatic rings. The Kier molecular flexibility index (Phi) is 4.66. The number of fused-ring (bicyclic) bond motifs is 1. The first-order valence-electron chi connectivity index (χ1n) is 5.30. The molecule has 0 spiro atoms. The predicted octanol–water partition coefficient (Wildman–Crippen LogP) is 2.87. The molecule has 1 heterocycles. The third-order valence-electron chi connectivity index (χ3n) is 2.58. The summed E-state index contributed by atoms with van der Waals surface area (Å²) >= 11 is 4.38. The van der Waals surface area contributed by atoms with E-state index in [-0.39, 0.29) is 5.91 Å². The van der Waals surface area contributed by atoms with Crippen molar-refractivity contribution in [1.29, 1.82) is 0 Å². The van der Waals surface area contributed by atoms with Crippen LogP contribution in [0.1, 0.15) is 5.56 Å². The Morgan fingerprint density at radius 1 is 1.35 bits per heavy atom. The van der Waals surface area contributed by atoms with Crippen molar-refractivity contribution in [3.05, 3.63) is 33.5 Å². The Morgan fingerprint density at radius 2 is 2.12 bits per heavy atom. The standard InChI is InChI=1S/C12H12I2N2O/c13-7-11(17)15-6-5-9-8-3-1-2-4-10(8)16-12(9)14/h1-4,16H,5-7H2,(H,15,17). The maximum atomic E-state index is 11.2. The predicted molar refractivity (Wildman–Crippen MR) is 86.6 cm³/mol. The summed E-state index contributed by atoms with van der Waals surface area (Å²) in [5, 5.41) is 4.15. The van der Waals surface area contributed by atoms with Crippen LogP contribution in [0.5, 0.6) is 0 Å². The number of amides is 1. The number of aromatic amines is 1. The molecule has 5 heteroatoms. The van der Waals surface area contributed by atoms with Crippen molar-refractivity contribution in [3.8, 4) is 0 Å². The van der Waals surface area contributed by atoms with Crippen LogP contribution < -0.4 is 5.32 Å². The number of carbonyl (C=O) groups excluding carboxylic acids is 1. The first-order valence-corrected chi connectivity index (χ1v) is 7.90. The fourth-order valence-corrected chi connectivity index (χ4v) is 2.91. The molecular formula is C12H12I2N2O. The molecule has 0 aliphatic carbocycles. The van der Waals surface area contributed by atoms with E-state index in [2.05, 4.69) is 67.6 Å². The van der Waals surface area contributed by atoms with Crippen LogP contribution >= 0.6 is 45.2 Å². The molecule has 1 aromatic carbocycles.